The van der Waals surface area contributed by atoms with Gasteiger partial charge in [-0.05, 0) is 19.9 Å². The number of Topliss-reactive ketones (excluding diaryl/α,β-unsaturated/α-hetero) is 1. The second kappa shape index (κ2) is 4.22. The minimum Gasteiger partial charge on any atom is -0.303 e. The fourth-order valence-corrected chi connectivity index (χ4v) is 1.54. The Bertz CT molecular complexity index is 393. The molecular weight excluding hydrogens is 178 g/mol. The highest BCUT2D eigenvalue weighted by atomic mass is 16.1. The Hall–Kier alpha value is -1.38. The summed E-state index contributed by atoms with van der Waals surface area (Å²) >= 11 is 0. The molecule has 0 radical (unpaired) electrons. The lowest BCUT2D eigenvalue weighted by molar-refractivity contribution is -0.121. The fourth-order valence-electron chi connectivity index (χ4n) is 1.54. The Labute approximate surface area is 83.4 Å². The smallest absolute Gasteiger partial charge is 0.251 e. The van der Waals surface area contributed by atoms with Crippen molar-refractivity contribution in [1.82, 2.24) is 4.57 Å². The van der Waals surface area contributed by atoms with Crippen molar-refractivity contribution in [1.29, 1.82) is 0 Å². The normalized spacial score (nSPS) is 12.5. The number of aromatic nitrogens is 1. The SMILES string of the molecule is CCC(=O)C(C)n1c(C)cccc1=O. The number of pyridine rings is 1. The van der Waals surface area contributed by atoms with Crippen molar-refractivity contribution in [3.05, 3.63) is 34.2 Å². The van der Waals surface area contributed by atoms with Crippen LogP contribution in [0.3, 0.4) is 0 Å². The first-order valence-corrected chi connectivity index (χ1v) is 4.78. The van der Waals surface area contributed by atoms with Crippen LogP contribution < -0.4 is 5.56 Å². The average Bonchev–Trinajstić information content (AvgIpc) is 2.16. The molecule has 0 aliphatic rings. The van der Waals surface area contributed by atoms with Crippen LogP contribution in [-0.2, 0) is 4.79 Å². The van der Waals surface area contributed by atoms with Gasteiger partial charge < -0.3 is 4.57 Å². The number of rotatable bonds is 3. The molecule has 1 aromatic rings. The lowest BCUT2D eigenvalue weighted by atomic mass is 10.1. The molecule has 1 aromatic heterocycles. The van der Waals surface area contributed by atoms with Gasteiger partial charge in [-0.1, -0.05) is 13.0 Å². The summed E-state index contributed by atoms with van der Waals surface area (Å²) in [6.07, 6.45) is 0.460. The minimum atomic E-state index is -0.353. The van der Waals surface area contributed by atoms with Crippen LogP contribution in [0.5, 0.6) is 0 Å². The van der Waals surface area contributed by atoms with E-state index >= 15 is 0 Å². The molecule has 3 heteroatoms. The van der Waals surface area contributed by atoms with Crippen molar-refractivity contribution in [3.8, 4) is 0 Å². The Balaban J connectivity index is 3.19. The molecule has 0 bridgehead atoms. The molecule has 0 spiro atoms. The second-order valence-corrected chi connectivity index (χ2v) is 3.37. The number of nitrogens with zero attached hydrogens (tertiary/aromatic N) is 1. The number of carbonyl (C=O) groups excluding carboxylic acids is 1. The first-order valence-electron chi connectivity index (χ1n) is 4.78. The highest BCUT2D eigenvalue weighted by Crippen LogP contribution is 2.08. The quantitative estimate of drug-likeness (QED) is 0.732. The van der Waals surface area contributed by atoms with Crippen LogP contribution in [0.4, 0.5) is 0 Å². The van der Waals surface area contributed by atoms with Crippen molar-refractivity contribution in [3.63, 3.8) is 0 Å². The van der Waals surface area contributed by atoms with Gasteiger partial charge in [0.15, 0.2) is 5.78 Å². The third kappa shape index (κ3) is 1.92. The van der Waals surface area contributed by atoms with Gasteiger partial charge >= 0.3 is 0 Å². The van der Waals surface area contributed by atoms with Gasteiger partial charge in [0, 0.05) is 18.2 Å². The van der Waals surface area contributed by atoms with E-state index in [1.165, 1.54) is 10.6 Å². The van der Waals surface area contributed by atoms with E-state index in [0.29, 0.717) is 6.42 Å². The summed E-state index contributed by atoms with van der Waals surface area (Å²) in [6.45, 7) is 5.41. The monoisotopic (exact) mass is 193 g/mol. The largest absolute Gasteiger partial charge is 0.303 e. The summed E-state index contributed by atoms with van der Waals surface area (Å²) < 4.78 is 1.53. The maximum Gasteiger partial charge on any atom is 0.251 e. The molecule has 0 N–H and O–H groups in total. The van der Waals surface area contributed by atoms with Crippen molar-refractivity contribution < 1.29 is 4.79 Å². The second-order valence-electron chi connectivity index (χ2n) is 3.37. The van der Waals surface area contributed by atoms with Gasteiger partial charge in [-0.15, -0.1) is 0 Å². The van der Waals surface area contributed by atoms with Gasteiger partial charge in [-0.3, -0.25) is 9.59 Å². The van der Waals surface area contributed by atoms with Crippen LogP contribution in [0.15, 0.2) is 23.0 Å². The molecule has 0 aliphatic carbocycles. The van der Waals surface area contributed by atoms with E-state index in [1.807, 2.05) is 19.9 Å². The first-order chi connectivity index (χ1) is 6.57. The zero-order valence-electron chi connectivity index (χ0n) is 8.78. The van der Waals surface area contributed by atoms with Crippen molar-refractivity contribution in [2.24, 2.45) is 0 Å². The van der Waals surface area contributed by atoms with E-state index in [4.69, 9.17) is 0 Å². The molecule has 1 atom stereocenters. The van der Waals surface area contributed by atoms with E-state index in [-0.39, 0.29) is 17.4 Å². The standard InChI is InChI=1S/C11H15NO2/c1-4-10(13)9(3)12-8(2)6-5-7-11(12)14/h5-7,9H,4H2,1-3H3. The van der Waals surface area contributed by atoms with Crippen molar-refractivity contribution >= 4 is 5.78 Å². The molecule has 0 saturated carbocycles. The van der Waals surface area contributed by atoms with Gasteiger partial charge in [-0.25, -0.2) is 0 Å². The maximum absolute atomic E-state index is 11.5. The predicted molar refractivity (Wildman–Crippen MR) is 55.4 cm³/mol. The van der Waals surface area contributed by atoms with Crippen LogP contribution in [-0.4, -0.2) is 10.4 Å². The topological polar surface area (TPSA) is 39.1 Å². The zero-order valence-corrected chi connectivity index (χ0v) is 8.78. The summed E-state index contributed by atoms with van der Waals surface area (Å²) in [4.78, 5) is 23.0. The minimum absolute atomic E-state index is 0.0846. The van der Waals surface area contributed by atoms with Crippen LogP contribution >= 0.6 is 0 Å². The third-order valence-electron chi connectivity index (χ3n) is 2.40. The highest BCUT2D eigenvalue weighted by molar-refractivity contribution is 5.81. The number of hydrogen-bond acceptors (Lipinski definition) is 2. The van der Waals surface area contributed by atoms with Crippen LogP contribution in [0.2, 0.25) is 0 Å². The molecule has 0 fully saturated rings. The number of carbonyl (C=O) groups is 1. The van der Waals surface area contributed by atoms with Crippen molar-refractivity contribution in [2.45, 2.75) is 33.2 Å². The maximum atomic E-state index is 11.5. The lowest BCUT2D eigenvalue weighted by Gasteiger charge is -2.15. The van der Waals surface area contributed by atoms with E-state index in [2.05, 4.69) is 0 Å². The Kier molecular flexibility index (Phi) is 3.23. The van der Waals surface area contributed by atoms with Crippen LogP contribution in [0.1, 0.15) is 32.0 Å². The van der Waals surface area contributed by atoms with Crippen molar-refractivity contribution in [2.75, 3.05) is 0 Å². The van der Waals surface area contributed by atoms with E-state index in [9.17, 15) is 9.59 Å². The van der Waals surface area contributed by atoms with Gasteiger partial charge in [-0.2, -0.15) is 0 Å². The molecule has 1 unspecified atom stereocenters. The highest BCUT2D eigenvalue weighted by Gasteiger charge is 2.14. The molecule has 0 aliphatic heterocycles. The van der Waals surface area contributed by atoms with Gasteiger partial charge in [0.25, 0.3) is 5.56 Å². The third-order valence-corrected chi connectivity index (χ3v) is 2.40. The van der Waals surface area contributed by atoms with Gasteiger partial charge in [0.05, 0.1) is 6.04 Å². The molecule has 0 amide bonds. The Morgan fingerprint density at radius 1 is 1.50 bits per heavy atom. The molecule has 76 valence electrons. The Morgan fingerprint density at radius 2 is 2.14 bits per heavy atom. The van der Waals surface area contributed by atoms with E-state index in [1.54, 1.807) is 13.0 Å². The molecule has 0 aromatic carbocycles. The summed E-state index contributed by atoms with van der Waals surface area (Å²) in [6, 6.07) is 4.67. The fraction of sp³-hybridized carbons (Fsp3) is 0.455. The number of aryl methyl sites for hydroxylation is 1. The van der Waals surface area contributed by atoms with E-state index < -0.39 is 0 Å². The van der Waals surface area contributed by atoms with Crippen LogP contribution in [0, 0.1) is 6.92 Å². The lowest BCUT2D eigenvalue weighted by Crippen LogP contribution is -2.28. The van der Waals surface area contributed by atoms with Gasteiger partial charge in [0.1, 0.15) is 0 Å². The number of ketones is 1. The molecule has 14 heavy (non-hydrogen) atoms. The van der Waals surface area contributed by atoms with E-state index in [0.717, 1.165) is 5.69 Å². The first kappa shape index (κ1) is 10.7. The molecule has 1 heterocycles. The number of hydrogen-bond donors (Lipinski definition) is 0. The molecule has 3 nitrogen and oxygen atoms in total. The summed E-state index contributed by atoms with van der Waals surface area (Å²) in [5.74, 6) is 0.0846. The summed E-state index contributed by atoms with van der Waals surface area (Å²) in [5.41, 5.74) is 0.714. The molecule has 0 saturated heterocycles. The predicted octanol–water partition coefficient (Wildman–Crippen LogP) is 1.70. The summed E-state index contributed by atoms with van der Waals surface area (Å²) in [5, 5.41) is 0. The summed E-state index contributed by atoms with van der Waals surface area (Å²) in [7, 11) is 0. The Morgan fingerprint density at radius 3 is 2.64 bits per heavy atom. The zero-order chi connectivity index (χ0) is 10.7. The molecule has 1 rings (SSSR count). The average molecular weight is 193 g/mol. The van der Waals surface area contributed by atoms with Crippen LogP contribution in [0.25, 0.3) is 0 Å². The molecular formula is C11H15NO2. The van der Waals surface area contributed by atoms with Gasteiger partial charge in [0.2, 0.25) is 0 Å².